The molecule has 0 spiro atoms. The fraction of sp³-hybridized carbons (Fsp3) is 1.00. The number of nitrogens with two attached hydrogens (primary N) is 1. The summed E-state index contributed by atoms with van der Waals surface area (Å²) < 4.78 is 10.9. The quantitative estimate of drug-likeness (QED) is 0.646. The lowest BCUT2D eigenvalue weighted by Gasteiger charge is -2.12. The van der Waals surface area contributed by atoms with Gasteiger partial charge < -0.3 is 14.6 Å². The van der Waals surface area contributed by atoms with Crippen LogP contribution in [0.4, 0.5) is 0 Å². The van der Waals surface area contributed by atoms with E-state index in [1.54, 1.807) is 0 Å². The van der Waals surface area contributed by atoms with Crippen LogP contribution < -0.4 is 5.73 Å². The monoisotopic (exact) mass is 193 g/mol. The van der Waals surface area contributed by atoms with E-state index in [-0.39, 0.29) is 0 Å². The van der Waals surface area contributed by atoms with Gasteiger partial charge in [-0.3, -0.25) is 0 Å². The number of hydrogen-bond donors (Lipinski definition) is 1. The van der Waals surface area contributed by atoms with Gasteiger partial charge in [0.2, 0.25) is 0 Å². The zero-order valence-corrected chi connectivity index (χ0v) is 9.95. The van der Waals surface area contributed by atoms with E-state index in [0.717, 1.165) is 19.3 Å². The van der Waals surface area contributed by atoms with Crippen LogP contribution in [0.25, 0.3) is 0 Å². The van der Waals surface area contributed by atoms with E-state index in [1.807, 2.05) is 13.8 Å². The molecule has 0 aromatic carbocycles. The molecule has 0 bridgehead atoms. The molecule has 0 saturated carbocycles. The third-order valence-electron chi connectivity index (χ3n) is 1.23. The van der Waals surface area contributed by atoms with E-state index in [4.69, 9.17) is 8.85 Å². The first-order valence-corrected chi connectivity index (χ1v) is 6.41. The van der Waals surface area contributed by atoms with E-state index in [1.165, 1.54) is 13.5 Å². The van der Waals surface area contributed by atoms with Crippen molar-refractivity contribution in [2.24, 2.45) is 5.73 Å². The smallest absolute Gasteiger partial charge is 0.321 e. The van der Waals surface area contributed by atoms with Crippen LogP contribution in [-0.4, -0.2) is 29.5 Å². The molecule has 0 aromatic heterocycles. The first kappa shape index (κ1) is 14.6. The molecule has 0 aliphatic rings. The highest BCUT2D eigenvalue weighted by Crippen LogP contribution is 1.99. The summed E-state index contributed by atoms with van der Waals surface area (Å²) in [4.78, 5) is 0. The highest BCUT2D eigenvalue weighted by Gasteiger charge is 2.08. The number of rotatable bonds is 6. The van der Waals surface area contributed by atoms with Gasteiger partial charge >= 0.3 is 9.28 Å². The third-order valence-corrected chi connectivity index (χ3v) is 3.69. The van der Waals surface area contributed by atoms with Crippen molar-refractivity contribution in [1.29, 1.82) is 0 Å². The predicted octanol–water partition coefficient (Wildman–Crippen LogP) is 1.26. The van der Waals surface area contributed by atoms with Crippen molar-refractivity contribution in [1.82, 2.24) is 0 Å². The average Bonchev–Trinajstić information content (AvgIpc) is 2.10. The lowest BCUT2D eigenvalue weighted by molar-refractivity contribution is 0.213. The molecule has 4 heteroatoms. The van der Waals surface area contributed by atoms with Crippen LogP contribution in [0.1, 0.15) is 27.2 Å². The molecule has 12 heavy (non-hydrogen) atoms. The first-order chi connectivity index (χ1) is 5.85. The zero-order chi connectivity index (χ0) is 9.82. The molecule has 0 amide bonds. The molecular weight excluding hydrogens is 170 g/mol. The largest absolute Gasteiger partial charge is 0.397 e. The maximum atomic E-state index is 5.44. The highest BCUT2D eigenvalue weighted by atomic mass is 28.3. The summed E-state index contributed by atoms with van der Waals surface area (Å²) in [5, 5.41) is 0. The van der Waals surface area contributed by atoms with Crippen molar-refractivity contribution in [2.75, 3.05) is 20.3 Å². The van der Waals surface area contributed by atoms with Gasteiger partial charge in [0.15, 0.2) is 0 Å². The molecule has 0 aliphatic heterocycles. The summed E-state index contributed by atoms with van der Waals surface area (Å²) >= 11 is 0. The van der Waals surface area contributed by atoms with Crippen LogP contribution in [0.3, 0.4) is 0 Å². The molecule has 2 N–H and O–H groups in total. The Hall–Kier alpha value is 0.0969. The molecule has 0 unspecified atom stereocenters. The Kier molecular flexibility index (Phi) is 16.6. The molecule has 0 radical (unpaired) electrons. The second-order valence-corrected chi connectivity index (χ2v) is 4.23. The van der Waals surface area contributed by atoms with Gasteiger partial charge in [-0.25, -0.2) is 0 Å². The minimum absolute atomic E-state index is 0.802. The van der Waals surface area contributed by atoms with E-state index in [9.17, 15) is 0 Å². The summed E-state index contributed by atoms with van der Waals surface area (Å²) in [7, 11) is 0.266. The molecule has 76 valence electrons. The Bertz CT molecular complexity index is 59.8. The minimum Gasteiger partial charge on any atom is -0.397 e. The topological polar surface area (TPSA) is 44.5 Å². The lowest BCUT2D eigenvalue weighted by Crippen LogP contribution is -2.22. The van der Waals surface area contributed by atoms with Crippen molar-refractivity contribution in [3.05, 3.63) is 0 Å². The molecule has 0 atom stereocenters. The summed E-state index contributed by atoms with van der Waals surface area (Å²) in [5.74, 6) is 0. The predicted molar refractivity (Wildman–Crippen MR) is 55.6 cm³/mol. The Morgan fingerprint density at radius 3 is 1.67 bits per heavy atom. The van der Waals surface area contributed by atoms with Crippen molar-refractivity contribution in [2.45, 2.75) is 33.2 Å². The maximum Gasteiger partial charge on any atom is 0.321 e. The van der Waals surface area contributed by atoms with Gasteiger partial charge in [-0.2, -0.15) is 0 Å². The van der Waals surface area contributed by atoms with E-state index in [2.05, 4.69) is 12.7 Å². The molecule has 0 rings (SSSR count). The van der Waals surface area contributed by atoms with Crippen molar-refractivity contribution >= 4 is 9.28 Å². The minimum atomic E-state index is -1.23. The fourth-order valence-corrected chi connectivity index (χ4v) is 2.47. The van der Waals surface area contributed by atoms with Crippen molar-refractivity contribution < 1.29 is 8.85 Å². The van der Waals surface area contributed by atoms with Crippen LogP contribution in [0.2, 0.25) is 6.04 Å². The second-order valence-electron chi connectivity index (χ2n) is 2.13. The zero-order valence-electron chi connectivity index (χ0n) is 8.80. The summed E-state index contributed by atoms with van der Waals surface area (Å²) in [5.41, 5.74) is 4.50. The van der Waals surface area contributed by atoms with Gasteiger partial charge in [-0.05, 0) is 26.9 Å². The van der Waals surface area contributed by atoms with Gasteiger partial charge in [-0.15, -0.1) is 0 Å². The van der Waals surface area contributed by atoms with Gasteiger partial charge in [0.25, 0.3) is 0 Å². The van der Waals surface area contributed by atoms with Crippen molar-refractivity contribution in [3.8, 4) is 0 Å². The molecule has 0 aromatic rings. The second kappa shape index (κ2) is 13.7. The molecule has 0 saturated heterocycles. The molecule has 3 nitrogen and oxygen atoms in total. The lowest BCUT2D eigenvalue weighted by atomic mass is 10.6. The summed E-state index contributed by atoms with van der Waals surface area (Å²) in [6.07, 6.45) is 1.18. The highest BCUT2D eigenvalue weighted by molar-refractivity contribution is 6.44. The van der Waals surface area contributed by atoms with Crippen LogP contribution in [0.15, 0.2) is 0 Å². The summed E-state index contributed by atoms with van der Waals surface area (Å²) in [6.45, 7) is 7.81. The van der Waals surface area contributed by atoms with Crippen LogP contribution in [0, 0.1) is 0 Å². The van der Waals surface area contributed by atoms with E-state index < -0.39 is 9.28 Å². The molecule has 0 heterocycles. The third kappa shape index (κ3) is 10.1. The Morgan fingerprint density at radius 2 is 1.42 bits per heavy atom. The number of hydrogen-bond acceptors (Lipinski definition) is 3. The summed E-state index contributed by atoms with van der Waals surface area (Å²) in [6, 6.07) is 1.14. The Balaban J connectivity index is 0. The standard InChI is InChI=1S/C7H18O2Si.CH5N/c1-4-7-10(8-5-2)9-6-3;1-2/h10H,4-7H2,1-3H3;2H2,1H3. The Morgan fingerprint density at radius 1 is 1.00 bits per heavy atom. The van der Waals surface area contributed by atoms with Crippen molar-refractivity contribution in [3.63, 3.8) is 0 Å². The van der Waals surface area contributed by atoms with Gasteiger partial charge in [0.05, 0.1) is 0 Å². The van der Waals surface area contributed by atoms with E-state index in [0.29, 0.717) is 0 Å². The van der Waals surface area contributed by atoms with Gasteiger partial charge in [0, 0.05) is 13.2 Å². The maximum absolute atomic E-state index is 5.44. The van der Waals surface area contributed by atoms with Crippen LogP contribution in [-0.2, 0) is 8.85 Å². The van der Waals surface area contributed by atoms with Crippen LogP contribution >= 0.6 is 0 Å². The molecule has 0 aliphatic carbocycles. The molecular formula is C8H23NO2Si. The SMILES string of the molecule is CCC[SiH](OCC)OCC.CN. The fourth-order valence-electron chi connectivity index (χ4n) is 0.822. The normalized spacial score (nSPS) is 9.50. The van der Waals surface area contributed by atoms with Crippen LogP contribution in [0.5, 0.6) is 0 Å². The van der Waals surface area contributed by atoms with E-state index >= 15 is 0 Å². The first-order valence-electron chi connectivity index (χ1n) is 4.66. The Labute approximate surface area is 78.1 Å². The van der Waals surface area contributed by atoms with Gasteiger partial charge in [0.1, 0.15) is 0 Å². The molecule has 0 fully saturated rings. The van der Waals surface area contributed by atoms with Gasteiger partial charge in [-0.1, -0.05) is 13.3 Å². The average molecular weight is 193 g/mol.